The van der Waals surface area contributed by atoms with Crippen LogP contribution >= 0.6 is 11.3 Å². The van der Waals surface area contributed by atoms with Crippen molar-refractivity contribution in [2.75, 3.05) is 13.7 Å². The average Bonchev–Trinajstić information content (AvgIpc) is 3.19. The van der Waals surface area contributed by atoms with E-state index in [1.165, 1.54) is 46.2 Å². The van der Waals surface area contributed by atoms with E-state index in [0.29, 0.717) is 28.8 Å². The number of fused-ring (bicyclic) bond motifs is 1. The number of aromatic amines is 1. The molecule has 2 saturated carbocycles. The Balaban J connectivity index is 1.65. The Labute approximate surface area is 175 Å². The minimum atomic E-state index is -0.304. The molecule has 0 aromatic carbocycles. The highest BCUT2D eigenvalue weighted by Gasteiger charge is 2.49. The summed E-state index contributed by atoms with van der Waals surface area (Å²) in [5.74, 6) is 0. The fourth-order valence-corrected chi connectivity index (χ4v) is 6.30. The molecule has 2 fully saturated rings. The maximum atomic E-state index is 13.5. The summed E-state index contributed by atoms with van der Waals surface area (Å²) < 4.78 is 9.68. The molecule has 0 aliphatic heterocycles. The van der Waals surface area contributed by atoms with Gasteiger partial charge in [0.25, 0.3) is 5.56 Å². The first-order chi connectivity index (χ1) is 14.4. The van der Waals surface area contributed by atoms with Crippen molar-refractivity contribution in [3.8, 4) is 0 Å². The zero-order chi connectivity index (χ0) is 21.0. The number of nitrogens with zero attached hydrogens (tertiary/aromatic N) is 4. The third kappa shape index (κ3) is 2.84. The minimum Gasteiger partial charge on any atom is -0.383 e. The summed E-state index contributed by atoms with van der Waals surface area (Å²) in [6.07, 6.45) is 6.84. The van der Waals surface area contributed by atoms with Crippen LogP contribution in [0.5, 0.6) is 0 Å². The normalized spacial score (nSPS) is 18.1. The quantitative estimate of drug-likeness (QED) is 0.639. The molecule has 10 heteroatoms. The van der Waals surface area contributed by atoms with E-state index in [-0.39, 0.29) is 29.5 Å². The Kier molecular flexibility index (Phi) is 4.59. The molecule has 1 spiro atoms. The number of hydrogen-bond donors (Lipinski definition) is 1. The molecular formula is C20H25N5O4S. The number of ether oxygens (including phenoxy) is 1. The highest BCUT2D eigenvalue weighted by Crippen LogP contribution is 2.59. The van der Waals surface area contributed by atoms with Gasteiger partial charge >= 0.3 is 11.4 Å². The molecule has 160 valence electrons. The molecule has 2 aliphatic carbocycles. The van der Waals surface area contributed by atoms with Gasteiger partial charge in [-0.3, -0.25) is 18.9 Å². The monoisotopic (exact) mass is 431 g/mol. The zero-order valence-electron chi connectivity index (χ0n) is 17.1. The van der Waals surface area contributed by atoms with Crippen LogP contribution < -0.4 is 16.9 Å². The zero-order valence-corrected chi connectivity index (χ0v) is 18.0. The topological polar surface area (TPSA) is 104 Å². The summed E-state index contributed by atoms with van der Waals surface area (Å²) in [6.45, 7) is 2.91. The summed E-state index contributed by atoms with van der Waals surface area (Å²) in [4.78, 5) is 42.7. The number of methoxy groups -OCH3 is 1. The number of thiophene rings is 1. The van der Waals surface area contributed by atoms with Crippen molar-refractivity contribution in [3.05, 3.63) is 48.1 Å². The van der Waals surface area contributed by atoms with Crippen molar-refractivity contribution >= 4 is 21.6 Å². The average molecular weight is 432 g/mol. The van der Waals surface area contributed by atoms with E-state index in [0.717, 1.165) is 23.3 Å². The van der Waals surface area contributed by atoms with Gasteiger partial charge in [-0.15, -0.1) is 11.3 Å². The van der Waals surface area contributed by atoms with Crippen molar-refractivity contribution in [3.63, 3.8) is 0 Å². The molecular weight excluding hydrogens is 406 g/mol. The van der Waals surface area contributed by atoms with Gasteiger partial charge in [-0.2, -0.15) is 5.10 Å². The van der Waals surface area contributed by atoms with Gasteiger partial charge in [-0.25, -0.2) is 14.3 Å². The fraction of sp³-hybridized carbons (Fsp3) is 0.600. The van der Waals surface area contributed by atoms with E-state index >= 15 is 0 Å². The lowest BCUT2D eigenvalue weighted by Crippen LogP contribution is -2.51. The number of hydrogen-bond acceptors (Lipinski definition) is 6. The Morgan fingerprint density at radius 2 is 2.07 bits per heavy atom. The first-order valence-electron chi connectivity index (χ1n) is 10.3. The molecule has 3 aromatic heterocycles. The number of aryl methyl sites for hydroxylation is 1. The predicted octanol–water partition coefficient (Wildman–Crippen LogP) is 1.62. The minimum absolute atomic E-state index is 0.0276. The summed E-state index contributed by atoms with van der Waals surface area (Å²) in [5, 5.41) is 4.59. The SMILES string of the molecule is COCCn1c(=O)n(C2CC3(CCC3)C2)c(=O)c2c(C)c(Cn3nc[nH]c3=O)sc21. The lowest BCUT2D eigenvalue weighted by atomic mass is 9.54. The number of aromatic nitrogens is 5. The Bertz CT molecular complexity index is 1280. The first kappa shape index (κ1) is 19.5. The van der Waals surface area contributed by atoms with Crippen molar-refractivity contribution < 1.29 is 4.74 Å². The molecule has 1 N–H and O–H groups in total. The maximum absolute atomic E-state index is 13.5. The summed E-state index contributed by atoms with van der Waals surface area (Å²) in [7, 11) is 1.60. The second kappa shape index (κ2) is 7.05. The van der Waals surface area contributed by atoms with E-state index in [4.69, 9.17) is 4.74 Å². The van der Waals surface area contributed by atoms with Crippen LogP contribution in [0.4, 0.5) is 0 Å². The third-order valence-corrected chi connectivity index (χ3v) is 8.19. The van der Waals surface area contributed by atoms with E-state index in [2.05, 4.69) is 10.1 Å². The fourth-order valence-electron chi connectivity index (χ4n) is 5.00. The predicted molar refractivity (Wildman–Crippen MR) is 113 cm³/mol. The summed E-state index contributed by atoms with van der Waals surface area (Å²) in [6, 6.07) is -0.0276. The molecule has 9 nitrogen and oxygen atoms in total. The standard InChI is InChI=1S/C20H25N5O4S/c1-12-14(10-24-18(27)21-11-22-24)30-17-15(12)16(26)25(19(28)23(17)6-7-29-2)13-8-20(9-13)4-3-5-20/h11,13H,3-10H2,1-2H3,(H,21,22,27). The van der Waals surface area contributed by atoms with Crippen LogP contribution in [0.25, 0.3) is 10.2 Å². The van der Waals surface area contributed by atoms with Gasteiger partial charge in [0.1, 0.15) is 11.2 Å². The molecule has 0 saturated heterocycles. The molecule has 5 rings (SSSR count). The highest BCUT2D eigenvalue weighted by molar-refractivity contribution is 7.18. The van der Waals surface area contributed by atoms with Crippen molar-refractivity contribution in [1.29, 1.82) is 0 Å². The smallest absolute Gasteiger partial charge is 0.343 e. The Hall–Kier alpha value is -2.46. The summed E-state index contributed by atoms with van der Waals surface area (Å²) in [5.41, 5.74) is 0.401. The van der Waals surface area contributed by atoms with Gasteiger partial charge in [0, 0.05) is 18.0 Å². The van der Waals surface area contributed by atoms with Crippen LogP contribution in [-0.2, 0) is 17.8 Å². The molecule has 0 unspecified atom stereocenters. The van der Waals surface area contributed by atoms with Gasteiger partial charge in [-0.1, -0.05) is 6.42 Å². The van der Waals surface area contributed by atoms with Crippen molar-refractivity contribution in [2.24, 2.45) is 5.41 Å². The number of rotatable bonds is 6. The van der Waals surface area contributed by atoms with Crippen LogP contribution in [-0.4, -0.2) is 37.6 Å². The van der Waals surface area contributed by atoms with E-state index < -0.39 is 0 Å². The molecule has 30 heavy (non-hydrogen) atoms. The van der Waals surface area contributed by atoms with Gasteiger partial charge in [-0.05, 0) is 43.6 Å². The molecule has 0 atom stereocenters. The largest absolute Gasteiger partial charge is 0.383 e. The molecule has 0 radical (unpaired) electrons. The molecule has 3 heterocycles. The van der Waals surface area contributed by atoms with Crippen molar-refractivity contribution in [2.45, 2.75) is 58.2 Å². The van der Waals surface area contributed by atoms with Crippen LogP contribution in [0, 0.1) is 12.3 Å². The highest BCUT2D eigenvalue weighted by atomic mass is 32.1. The molecule has 0 bridgehead atoms. The number of nitrogens with one attached hydrogen (secondary N) is 1. The van der Waals surface area contributed by atoms with E-state index in [9.17, 15) is 14.4 Å². The lowest BCUT2D eigenvalue weighted by Gasteiger charge is -2.54. The van der Waals surface area contributed by atoms with Gasteiger partial charge in [0.15, 0.2) is 0 Å². The second-order valence-corrected chi connectivity index (χ2v) is 9.68. The van der Waals surface area contributed by atoms with Gasteiger partial charge in [0.05, 0.1) is 25.1 Å². The van der Waals surface area contributed by atoms with Crippen molar-refractivity contribution in [1.82, 2.24) is 23.9 Å². The Morgan fingerprint density at radius 3 is 2.67 bits per heavy atom. The maximum Gasteiger partial charge on any atom is 0.343 e. The lowest BCUT2D eigenvalue weighted by molar-refractivity contribution is -0.0205. The molecule has 3 aromatic rings. The van der Waals surface area contributed by atoms with Crippen LogP contribution in [0.3, 0.4) is 0 Å². The van der Waals surface area contributed by atoms with E-state index in [1.807, 2.05) is 6.92 Å². The van der Waals surface area contributed by atoms with E-state index in [1.54, 1.807) is 11.7 Å². The van der Waals surface area contributed by atoms with Crippen LogP contribution in [0.15, 0.2) is 20.7 Å². The third-order valence-electron chi connectivity index (χ3n) is 6.89. The van der Waals surface area contributed by atoms with Gasteiger partial charge < -0.3 is 4.74 Å². The Morgan fingerprint density at radius 1 is 1.30 bits per heavy atom. The first-order valence-corrected chi connectivity index (χ1v) is 11.1. The van der Waals surface area contributed by atoms with Gasteiger partial charge in [0.2, 0.25) is 0 Å². The van der Waals surface area contributed by atoms with Crippen LogP contribution in [0.2, 0.25) is 0 Å². The molecule has 0 amide bonds. The summed E-state index contributed by atoms with van der Waals surface area (Å²) >= 11 is 1.38. The van der Waals surface area contributed by atoms with Crippen LogP contribution in [0.1, 0.15) is 48.6 Å². The number of H-pyrrole nitrogens is 1. The molecule has 2 aliphatic rings. The second-order valence-electron chi connectivity index (χ2n) is 8.60.